The van der Waals surface area contributed by atoms with Crippen molar-refractivity contribution in [2.45, 2.75) is 44.1 Å². The molecule has 4 rings (SSSR count). The number of rotatable bonds is 4. The van der Waals surface area contributed by atoms with Gasteiger partial charge >= 0.3 is 6.16 Å². The Morgan fingerprint density at radius 2 is 2.00 bits per heavy atom. The second kappa shape index (κ2) is 7.69. The maximum atomic E-state index is 11.7. The maximum Gasteiger partial charge on any atom is 0.509 e. The van der Waals surface area contributed by atoms with Gasteiger partial charge in [0, 0.05) is 18.6 Å². The normalized spacial score (nSPS) is 27.1. The highest BCUT2D eigenvalue weighted by atomic mass is 31.0. The van der Waals surface area contributed by atoms with Crippen LogP contribution in [0.2, 0.25) is 0 Å². The van der Waals surface area contributed by atoms with Crippen LogP contribution >= 0.6 is 9.39 Å². The van der Waals surface area contributed by atoms with Crippen LogP contribution in [0.25, 0.3) is 10.9 Å². The number of pyridine rings is 1. The number of carbonyl (C=O) groups is 2. The fourth-order valence-corrected chi connectivity index (χ4v) is 3.86. The molecule has 0 aliphatic carbocycles. The van der Waals surface area contributed by atoms with E-state index in [-0.39, 0.29) is 0 Å². The predicted octanol–water partition coefficient (Wildman–Crippen LogP) is 2.55. The van der Waals surface area contributed by atoms with Crippen LogP contribution in [0.1, 0.15) is 13.8 Å². The van der Waals surface area contributed by atoms with E-state index in [1.165, 1.54) is 18.0 Å². The van der Waals surface area contributed by atoms with Gasteiger partial charge in [-0.2, -0.15) is 0 Å². The molecule has 11 heteroatoms. The summed E-state index contributed by atoms with van der Waals surface area (Å²) in [5.74, 6) is -0.144. The molecule has 30 heavy (non-hydrogen) atoms. The molecule has 2 aromatic rings. The Labute approximate surface area is 176 Å². The van der Waals surface area contributed by atoms with E-state index in [4.69, 9.17) is 31.5 Å². The minimum atomic E-state index is -0.892. The molecule has 0 N–H and O–H groups in total. The molecule has 0 bridgehead atoms. The lowest BCUT2D eigenvalue weighted by Gasteiger charge is -2.45. The molecule has 3 heterocycles. The van der Waals surface area contributed by atoms with E-state index in [9.17, 15) is 9.59 Å². The standard InChI is InChI=1S/C19H20BN2O7P/c1-19(2)15(25-3)13-14(28-18(24)27-13)16(29-19)26-11-5-4-9-6-10(22(30)17(20)23)8-21-12(9)7-11/h4-8,13-16H,30H2,1-3H3/t13-,14+,15+,16+/m0/s1. The number of amides is 1. The van der Waals surface area contributed by atoms with Crippen molar-refractivity contribution in [1.29, 1.82) is 0 Å². The van der Waals surface area contributed by atoms with Crippen molar-refractivity contribution in [3.05, 3.63) is 30.5 Å². The number of ether oxygens (including phenoxy) is 5. The summed E-state index contributed by atoms with van der Waals surface area (Å²) in [6, 6.07) is 7.02. The van der Waals surface area contributed by atoms with Crippen molar-refractivity contribution in [1.82, 2.24) is 4.98 Å². The molecule has 0 spiro atoms. The number of fused-ring (bicyclic) bond motifs is 2. The van der Waals surface area contributed by atoms with E-state index in [2.05, 4.69) is 14.4 Å². The number of benzene rings is 1. The summed E-state index contributed by atoms with van der Waals surface area (Å²) >= 11 is 0. The van der Waals surface area contributed by atoms with E-state index in [1.807, 2.05) is 13.8 Å². The molecule has 156 valence electrons. The van der Waals surface area contributed by atoms with Gasteiger partial charge in [0.1, 0.15) is 11.9 Å². The van der Waals surface area contributed by atoms with Crippen molar-refractivity contribution >= 4 is 45.8 Å². The zero-order chi connectivity index (χ0) is 21.6. The number of hydrogen-bond donors (Lipinski definition) is 0. The molecule has 9 nitrogen and oxygen atoms in total. The van der Waals surface area contributed by atoms with Crippen LogP contribution in [0.15, 0.2) is 30.5 Å². The molecule has 5 atom stereocenters. The highest BCUT2D eigenvalue weighted by Crippen LogP contribution is 2.38. The molecule has 0 saturated carbocycles. The van der Waals surface area contributed by atoms with Gasteiger partial charge in [-0.3, -0.25) is 9.78 Å². The lowest BCUT2D eigenvalue weighted by Crippen LogP contribution is -2.62. The summed E-state index contributed by atoms with van der Waals surface area (Å²) in [6.07, 6.45) is -2.09. The number of methoxy groups -OCH3 is 1. The molecule has 1 aromatic heterocycles. The summed E-state index contributed by atoms with van der Waals surface area (Å²) < 4.78 is 29.3. The van der Waals surface area contributed by atoms with Crippen LogP contribution in [-0.4, -0.2) is 62.1 Å². The van der Waals surface area contributed by atoms with Crippen molar-refractivity contribution in [3.8, 4) is 5.75 Å². The lowest BCUT2D eigenvalue weighted by molar-refractivity contribution is -0.282. The largest absolute Gasteiger partial charge is 0.509 e. The van der Waals surface area contributed by atoms with Crippen LogP contribution in [0.3, 0.4) is 0 Å². The second-order valence-corrected chi connectivity index (χ2v) is 8.05. The van der Waals surface area contributed by atoms with Gasteiger partial charge in [-0.15, -0.1) is 0 Å². The van der Waals surface area contributed by atoms with Gasteiger partial charge in [0.25, 0.3) is 0 Å². The fourth-order valence-electron chi connectivity index (χ4n) is 3.72. The number of anilines is 1. The van der Waals surface area contributed by atoms with Gasteiger partial charge in [-0.1, -0.05) is 0 Å². The predicted molar refractivity (Wildman–Crippen MR) is 111 cm³/mol. The first-order chi connectivity index (χ1) is 14.2. The quantitative estimate of drug-likeness (QED) is 0.415. The summed E-state index contributed by atoms with van der Waals surface area (Å²) in [5, 5.41) is 0.784. The second-order valence-electron chi connectivity index (χ2n) is 7.54. The Hall–Kier alpha value is -2.42. The van der Waals surface area contributed by atoms with Crippen molar-refractivity contribution < 1.29 is 33.3 Å². The third kappa shape index (κ3) is 3.71. The van der Waals surface area contributed by atoms with Gasteiger partial charge in [-0.25, -0.2) is 4.79 Å². The maximum absolute atomic E-state index is 11.7. The van der Waals surface area contributed by atoms with E-state index in [1.54, 1.807) is 24.3 Å². The van der Waals surface area contributed by atoms with E-state index < -0.39 is 42.2 Å². The van der Waals surface area contributed by atoms with Crippen LogP contribution in [-0.2, 0) is 18.9 Å². The van der Waals surface area contributed by atoms with E-state index in [0.717, 1.165) is 5.39 Å². The van der Waals surface area contributed by atoms with Crippen LogP contribution in [0.4, 0.5) is 15.3 Å². The molecular formula is C19H20BN2O7P. The highest BCUT2D eigenvalue weighted by Gasteiger charge is 2.58. The summed E-state index contributed by atoms with van der Waals surface area (Å²) in [7, 11) is 9.05. The third-order valence-electron chi connectivity index (χ3n) is 5.12. The van der Waals surface area contributed by atoms with E-state index >= 15 is 0 Å². The zero-order valence-corrected chi connectivity index (χ0v) is 17.8. The van der Waals surface area contributed by atoms with Gasteiger partial charge in [0.15, 0.2) is 11.9 Å². The van der Waals surface area contributed by atoms with Crippen molar-refractivity contribution in [2.24, 2.45) is 0 Å². The number of carbonyl (C=O) groups excluding carboxylic acids is 2. The number of hydrogen-bond acceptors (Lipinski definition) is 8. The monoisotopic (exact) mass is 430 g/mol. The topological polar surface area (TPSA) is 96.4 Å². The van der Waals surface area contributed by atoms with Crippen LogP contribution in [0, 0.1) is 0 Å². The minimum absolute atomic E-state index is 0.471. The van der Waals surface area contributed by atoms with E-state index in [0.29, 0.717) is 17.0 Å². The summed E-state index contributed by atoms with van der Waals surface area (Å²) in [4.78, 5) is 27.4. The first-order valence-electron chi connectivity index (χ1n) is 9.18. The fraction of sp³-hybridized carbons (Fsp3) is 0.421. The molecule has 1 aromatic carbocycles. The molecule has 2 fully saturated rings. The van der Waals surface area contributed by atoms with Gasteiger partial charge in [0.05, 0.1) is 23.0 Å². The molecule has 2 saturated heterocycles. The Bertz CT molecular complexity index is 1000. The van der Waals surface area contributed by atoms with Gasteiger partial charge in [0.2, 0.25) is 20.2 Å². The van der Waals surface area contributed by atoms with Gasteiger partial charge < -0.3 is 28.4 Å². The Morgan fingerprint density at radius 3 is 2.70 bits per heavy atom. The smallest absolute Gasteiger partial charge is 0.461 e. The van der Waals surface area contributed by atoms with Crippen molar-refractivity contribution in [3.63, 3.8) is 0 Å². The molecule has 2 aliphatic rings. The number of nitrogens with zero attached hydrogens (tertiary/aromatic N) is 2. The lowest BCUT2D eigenvalue weighted by atomic mass is 9.89. The third-order valence-corrected chi connectivity index (χ3v) is 5.68. The summed E-state index contributed by atoms with van der Waals surface area (Å²) in [5.41, 5.74) is 0.393. The molecule has 2 aliphatic heterocycles. The summed E-state index contributed by atoms with van der Waals surface area (Å²) in [6.45, 7) is 3.66. The van der Waals surface area contributed by atoms with Gasteiger partial charge in [-0.05, 0) is 41.4 Å². The number of aromatic nitrogens is 1. The average Bonchev–Trinajstić information content (AvgIpc) is 3.07. The first kappa shape index (κ1) is 20.8. The Kier molecular flexibility index (Phi) is 5.34. The average molecular weight is 430 g/mol. The molecule has 1 amide bonds. The molecule has 1 unspecified atom stereocenters. The minimum Gasteiger partial charge on any atom is -0.461 e. The molecular weight excluding hydrogens is 410 g/mol. The molecule has 2 radical (unpaired) electrons. The zero-order valence-electron chi connectivity index (χ0n) is 16.6. The van der Waals surface area contributed by atoms with Crippen LogP contribution < -0.4 is 9.41 Å². The highest BCUT2D eigenvalue weighted by molar-refractivity contribution is 7.22. The van der Waals surface area contributed by atoms with Crippen LogP contribution in [0.5, 0.6) is 5.75 Å². The SMILES string of the molecule is [B]C(=O)N(P)c1cnc2cc(O[C@@H]3OC(C)(C)[C@H](OC)[C@H]4OC(=O)O[C@@H]34)ccc2c1. The first-order valence-corrected chi connectivity index (χ1v) is 9.70. The van der Waals surface area contributed by atoms with Crippen molar-refractivity contribution in [2.75, 3.05) is 11.8 Å². The Balaban J connectivity index is 1.59. The Morgan fingerprint density at radius 1 is 1.27 bits per heavy atom.